The highest BCUT2D eigenvalue weighted by Crippen LogP contribution is 2.39. The second kappa shape index (κ2) is 10.7. The SMILES string of the molecule is CC(C)(C)C1CCCC(C(C)(C)C)OC1.CC(C)(C)C1CCOC(C(C)(C)C)CC1. The standard InChI is InChI=1S/2C14H28O/c1-13(2,3)11-7-8-12(14(4,5)6)15-10-9-11;1-13(2,3)11-8-7-9-12(15-10-11)14(4,5)6/h2*11-12H,7-10H2,1-6H3. The Morgan fingerprint density at radius 1 is 0.467 bits per heavy atom. The molecule has 2 aliphatic heterocycles. The second-order valence-corrected chi connectivity index (χ2v) is 14.3. The molecule has 0 aromatic heterocycles. The van der Waals surface area contributed by atoms with Crippen molar-refractivity contribution in [3.8, 4) is 0 Å². The largest absolute Gasteiger partial charge is 0.378 e. The number of hydrogen-bond acceptors (Lipinski definition) is 2. The smallest absolute Gasteiger partial charge is 0.0623 e. The van der Waals surface area contributed by atoms with Gasteiger partial charge in [-0.15, -0.1) is 0 Å². The highest BCUT2D eigenvalue weighted by molar-refractivity contribution is 4.83. The van der Waals surface area contributed by atoms with E-state index in [9.17, 15) is 0 Å². The Hall–Kier alpha value is -0.0800. The molecule has 180 valence electrons. The average molecular weight is 425 g/mol. The van der Waals surface area contributed by atoms with E-state index in [1.807, 2.05) is 0 Å². The molecule has 0 spiro atoms. The summed E-state index contributed by atoms with van der Waals surface area (Å²) in [4.78, 5) is 0. The van der Waals surface area contributed by atoms with Gasteiger partial charge in [-0.2, -0.15) is 0 Å². The molecule has 0 N–H and O–H groups in total. The van der Waals surface area contributed by atoms with Crippen LogP contribution < -0.4 is 0 Å². The molecule has 0 amide bonds. The van der Waals surface area contributed by atoms with Gasteiger partial charge < -0.3 is 9.47 Å². The third kappa shape index (κ3) is 9.60. The van der Waals surface area contributed by atoms with Gasteiger partial charge in [0.15, 0.2) is 0 Å². The van der Waals surface area contributed by atoms with Crippen molar-refractivity contribution in [1.82, 2.24) is 0 Å². The van der Waals surface area contributed by atoms with Crippen molar-refractivity contribution in [2.45, 2.75) is 134 Å². The van der Waals surface area contributed by atoms with Gasteiger partial charge in [-0.25, -0.2) is 0 Å². The molecule has 2 fully saturated rings. The fraction of sp³-hybridized carbons (Fsp3) is 1.00. The monoisotopic (exact) mass is 424 g/mol. The summed E-state index contributed by atoms with van der Waals surface area (Å²) in [6.45, 7) is 29.7. The Bertz CT molecular complexity index is 391. The Morgan fingerprint density at radius 3 is 1.43 bits per heavy atom. The van der Waals surface area contributed by atoms with Crippen LogP contribution in [0.4, 0.5) is 0 Å². The summed E-state index contributed by atoms with van der Waals surface area (Å²) in [6, 6.07) is 0. The first kappa shape index (κ1) is 28.0. The van der Waals surface area contributed by atoms with Crippen molar-refractivity contribution < 1.29 is 9.47 Å². The molecular weight excluding hydrogens is 368 g/mol. The molecule has 0 bridgehead atoms. The van der Waals surface area contributed by atoms with Crippen LogP contribution in [0.3, 0.4) is 0 Å². The molecule has 0 aromatic carbocycles. The van der Waals surface area contributed by atoms with Crippen LogP contribution in [0.5, 0.6) is 0 Å². The molecule has 2 aliphatic rings. The van der Waals surface area contributed by atoms with Gasteiger partial charge in [0, 0.05) is 6.61 Å². The number of hydrogen-bond donors (Lipinski definition) is 0. The topological polar surface area (TPSA) is 18.5 Å². The lowest BCUT2D eigenvalue weighted by Crippen LogP contribution is -2.31. The van der Waals surface area contributed by atoms with Crippen LogP contribution in [-0.2, 0) is 9.47 Å². The van der Waals surface area contributed by atoms with E-state index in [0.717, 1.165) is 25.0 Å². The highest BCUT2D eigenvalue weighted by atomic mass is 16.5. The van der Waals surface area contributed by atoms with Crippen LogP contribution in [-0.4, -0.2) is 25.4 Å². The summed E-state index contributed by atoms with van der Waals surface area (Å²) in [5.41, 5.74) is 1.43. The van der Waals surface area contributed by atoms with E-state index in [0.29, 0.717) is 33.9 Å². The van der Waals surface area contributed by atoms with E-state index in [1.165, 1.54) is 38.5 Å². The third-order valence-electron chi connectivity index (χ3n) is 7.46. The molecule has 0 saturated carbocycles. The predicted molar refractivity (Wildman–Crippen MR) is 132 cm³/mol. The minimum absolute atomic E-state index is 0.298. The van der Waals surface area contributed by atoms with Crippen molar-refractivity contribution in [1.29, 1.82) is 0 Å². The average Bonchev–Trinajstić information content (AvgIpc) is 2.94. The molecule has 2 heterocycles. The predicted octanol–water partition coefficient (Wildman–Crippen LogP) is 8.53. The first-order chi connectivity index (χ1) is 13.4. The van der Waals surface area contributed by atoms with Gasteiger partial charge in [0.25, 0.3) is 0 Å². The van der Waals surface area contributed by atoms with E-state index in [2.05, 4.69) is 83.1 Å². The van der Waals surface area contributed by atoms with E-state index in [-0.39, 0.29) is 0 Å². The van der Waals surface area contributed by atoms with Crippen LogP contribution >= 0.6 is 0 Å². The van der Waals surface area contributed by atoms with Gasteiger partial charge in [0.05, 0.1) is 18.8 Å². The maximum absolute atomic E-state index is 6.11. The molecule has 0 radical (unpaired) electrons. The van der Waals surface area contributed by atoms with Gasteiger partial charge >= 0.3 is 0 Å². The van der Waals surface area contributed by atoms with Crippen molar-refractivity contribution in [2.24, 2.45) is 33.5 Å². The Morgan fingerprint density at radius 2 is 0.967 bits per heavy atom. The second-order valence-electron chi connectivity index (χ2n) is 14.3. The van der Waals surface area contributed by atoms with Gasteiger partial charge in [-0.05, 0) is 65.6 Å². The van der Waals surface area contributed by atoms with Crippen LogP contribution in [0.25, 0.3) is 0 Å². The molecule has 4 atom stereocenters. The van der Waals surface area contributed by atoms with Gasteiger partial charge in [0.1, 0.15) is 0 Å². The zero-order valence-corrected chi connectivity index (χ0v) is 22.8. The summed E-state index contributed by atoms with van der Waals surface area (Å²) in [5.74, 6) is 1.55. The van der Waals surface area contributed by atoms with Gasteiger partial charge in [0.2, 0.25) is 0 Å². The normalized spacial score (nSPS) is 30.0. The quantitative estimate of drug-likeness (QED) is 0.388. The van der Waals surface area contributed by atoms with Gasteiger partial charge in [-0.3, -0.25) is 0 Å². The molecule has 2 nitrogen and oxygen atoms in total. The fourth-order valence-corrected chi connectivity index (χ4v) is 4.80. The first-order valence-corrected chi connectivity index (χ1v) is 12.7. The lowest BCUT2D eigenvalue weighted by atomic mass is 9.75. The van der Waals surface area contributed by atoms with Crippen LogP contribution in [0, 0.1) is 33.5 Å². The maximum atomic E-state index is 6.11. The van der Waals surface area contributed by atoms with Gasteiger partial charge in [-0.1, -0.05) is 89.5 Å². The van der Waals surface area contributed by atoms with Crippen molar-refractivity contribution in [3.05, 3.63) is 0 Å². The lowest BCUT2D eigenvalue weighted by molar-refractivity contribution is -0.0380. The minimum Gasteiger partial charge on any atom is -0.378 e. The molecule has 2 rings (SSSR count). The highest BCUT2D eigenvalue weighted by Gasteiger charge is 2.33. The lowest BCUT2D eigenvalue weighted by Gasteiger charge is -2.32. The van der Waals surface area contributed by atoms with Crippen LogP contribution in [0.1, 0.15) is 122 Å². The maximum Gasteiger partial charge on any atom is 0.0623 e. The fourth-order valence-electron chi connectivity index (χ4n) is 4.80. The van der Waals surface area contributed by atoms with E-state index >= 15 is 0 Å². The van der Waals surface area contributed by atoms with E-state index in [1.54, 1.807) is 0 Å². The van der Waals surface area contributed by atoms with Crippen LogP contribution in [0.2, 0.25) is 0 Å². The Labute approximate surface area is 190 Å². The zero-order chi connectivity index (χ0) is 23.4. The molecule has 2 heteroatoms. The molecule has 30 heavy (non-hydrogen) atoms. The van der Waals surface area contributed by atoms with Crippen molar-refractivity contribution in [2.75, 3.05) is 13.2 Å². The summed E-state index contributed by atoms with van der Waals surface area (Å²) in [5, 5.41) is 0. The molecule has 0 aromatic rings. The first-order valence-electron chi connectivity index (χ1n) is 12.7. The number of rotatable bonds is 0. The molecular formula is C28H56O2. The Kier molecular flexibility index (Phi) is 9.96. The zero-order valence-electron chi connectivity index (χ0n) is 22.8. The molecule has 0 aliphatic carbocycles. The third-order valence-corrected chi connectivity index (χ3v) is 7.46. The summed E-state index contributed by atoms with van der Waals surface area (Å²) >= 11 is 0. The summed E-state index contributed by atoms with van der Waals surface area (Å²) in [7, 11) is 0. The van der Waals surface area contributed by atoms with Crippen molar-refractivity contribution >= 4 is 0 Å². The Balaban J connectivity index is 0.000000300. The van der Waals surface area contributed by atoms with Crippen LogP contribution in [0.15, 0.2) is 0 Å². The molecule has 2 saturated heterocycles. The minimum atomic E-state index is 0.298. The summed E-state index contributed by atoms with van der Waals surface area (Å²) < 4.78 is 12.1. The number of ether oxygens (including phenoxy) is 2. The summed E-state index contributed by atoms with van der Waals surface area (Å²) in [6.07, 6.45) is 8.57. The molecule has 4 unspecified atom stereocenters. The van der Waals surface area contributed by atoms with E-state index in [4.69, 9.17) is 9.47 Å². The van der Waals surface area contributed by atoms with Crippen molar-refractivity contribution in [3.63, 3.8) is 0 Å². The van der Waals surface area contributed by atoms with E-state index < -0.39 is 0 Å².